The molecule has 5 rings (SSSR count). The van der Waals surface area contributed by atoms with Gasteiger partial charge in [0.1, 0.15) is 0 Å². The molecule has 0 aliphatic heterocycles. The third kappa shape index (κ3) is 4.58. The minimum Gasteiger partial charge on any atom is -0.348 e. The second kappa shape index (κ2) is 9.55. The summed E-state index contributed by atoms with van der Waals surface area (Å²) < 4.78 is 1.92. The van der Waals surface area contributed by atoms with Gasteiger partial charge >= 0.3 is 0 Å². The summed E-state index contributed by atoms with van der Waals surface area (Å²) in [5.41, 5.74) is 8.54. The molecule has 0 unspecified atom stereocenters. The second-order valence-corrected chi connectivity index (χ2v) is 8.82. The average Bonchev–Trinajstić information content (AvgIpc) is 3.27. The molecule has 0 fully saturated rings. The van der Waals surface area contributed by atoms with Crippen LogP contribution in [-0.2, 0) is 13.0 Å². The molecule has 0 atom stereocenters. The zero-order chi connectivity index (χ0) is 24.4. The van der Waals surface area contributed by atoms with Crippen LogP contribution < -0.4 is 5.32 Å². The number of aryl methyl sites for hydroxylation is 2. The number of carbonyl (C=O) groups excluding carboxylic acids is 1. The van der Waals surface area contributed by atoms with Gasteiger partial charge in [0, 0.05) is 17.5 Å². The topological polar surface area (TPSA) is 59.8 Å². The SMILES string of the molecule is CCc1ccc(-n2ncc(-c3cc(C(=O)NCc4cccc(C)c4)c4ccccc4n3)c2C)cc1. The van der Waals surface area contributed by atoms with E-state index in [4.69, 9.17) is 4.98 Å². The molecule has 0 radical (unpaired) electrons. The minimum atomic E-state index is -0.119. The Hall–Kier alpha value is -4.25. The van der Waals surface area contributed by atoms with E-state index < -0.39 is 0 Å². The molecule has 0 spiro atoms. The third-order valence-electron chi connectivity index (χ3n) is 6.37. The smallest absolute Gasteiger partial charge is 0.252 e. The quantitative estimate of drug-likeness (QED) is 0.328. The molecule has 174 valence electrons. The van der Waals surface area contributed by atoms with E-state index in [9.17, 15) is 4.79 Å². The molecule has 2 heterocycles. The van der Waals surface area contributed by atoms with Crippen molar-refractivity contribution in [1.82, 2.24) is 20.1 Å². The highest BCUT2D eigenvalue weighted by molar-refractivity contribution is 6.07. The lowest BCUT2D eigenvalue weighted by Crippen LogP contribution is -2.23. The molecule has 5 aromatic rings. The predicted molar refractivity (Wildman–Crippen MR) is 141 cm³/mol. The first kappa shape index (κ1) is 22.5. The summed E-state index contributed by atoms with van der Waals surface area (Å²) in [4.78, 5) is 18.2. The van der Waals surface area contributed by atoms with E-state index in [1.165, 1.54) is 11.1 Å². The first-order valence-corrected chi connectivity index (χ1v) is 11.9. The van der Waals surface area contributed by atoms with Gasteiger partial charge in [0.25, 0.3) is 5.91 Å². The lowest BCUT2D eigenvalue weighted by Gasteiger charge is -2.11. The van der Waals surface area contributed by atoms with E-state index in [2.05, 4.69) is 60.7 Å². The number of aromatic nitrogens is 3. The van der Waals surface area contributed by atoms with Gasteiger partial charge in [-0.15, -0.1) is 0 Å². The lowest BCUT2D eigenvalue weighted by atomic mass is 10.0. The van der Waals surface area contributed by atoms with Crippen molar-refractivity contribution in [2.45, 2.75) is 33.7 Å². The molecule has 1 N–H and O–H groups in total. The number of rotatable bonds is 6. The molecule has 0 saturated carbocycles. The van der Waals surface area contributed by atoms with Crippen LogP contribution in [0.15, 0.2) is 85.1 Å². The number of hydrogen-bond donors (Lipinski definition) is 1. The van der Waals surface area contributed by atoms with Crippen molar-refractivity contribution in [3.05, 3.63) is 113 Å². The average molecular weight is 461 g/mol. The molecular formula is C30H28N4O. The number of fused-ring (bicyclic) bond motifs is 1. The van der Waals surface area contributed by atoms with Crippen molar-refractivity contribution in [1.29, 1.82) is 0 Å². The van der Waals surface area contributed by atoms with Gasteiger partial charge in [0.05, 0.1) is 34.4 Å². The fourth-order valence-corrected chi connectivity index (χ4v) is 4.40. The van der Waals surface area contributed by atoms with Gasteiger partial charge in [0.2, 0.25) is 0 Å². The van der Waals surface area contributed by atoms with Crippen molar-refractivity contribution in [2.24, 2.45) is 0 Å². The molecule has 0 aliphatic carbocycles. The Labute approximate surface area is 205 Å². The van der Waals surface area contributed by atoms with Crippen LogP contribution in [0.5, 0.6) is 0 Å². The highest BCUT2D eigenvalue weighted by atomic mass is 16.1. The van der Waals surface area contributed by atoms with Gasteiger partial charge < -0.3 is 5.32 Å². The summed E-state index contributed by atoms with van der Waals surface area (Å²) in [7, 11) is 0. The Morgan fingerprint density at radius 3 is 2.49 bits per heavy atom. The predicted octanol–water partition coefficient (Wildman–Crippen LogP) is 6.20. The normalized spacial score (nSPS) is 11.1. The maximum absolute atomic E-state index is 13.3. The van der Waals surface area contributed by atoms with E-state index in [0.29, 0.717) is 12.1 Å². The number of hydrogen-bond acceptors (Lipinski definition) is 3. The molecule has 0 saturated heterocycles. The highest BCUT2D eigenvalue weighted by Crippen LogP contribution is 2.28. The fraction of sp³-hybridized carbons (Fsp3) is 0.167. The maximum atomic E-state index is 13.3. The van der Waals surface area contributed by atoms with Crippen LogP contribution in [0, 0.1) is 13.8 Å². The minimum absolute atomic E-state index is 0.119. The number of para-hydroxylation sites is 1. The zero-order valence-corrected chi connectivity index (χ0v) is 20.2. The Kier molecular flexibility index (Phi) is 6.15. The summed E-state index contributed by atoms with van der Waals surface area (Å²) in [6, 6.07) is 26.2. The monoisotopic (exact) mass is 460 g/mol. The summed E-state index contributed by atoms with van der Waals surface area (Å²) in [6.07, 6.45) is 2.83. The largest absolute Gasteiger partial charge is 0.348 e. The number of benzene rings is 3. The first-order chi connectivity index (χ1) is 17.0. The van der Waals surface area contributed by atoms with Crippen molar-refractivity contribution >= 4 is 16.8 Å². The summed E-state index contributed by atoms with van der Waals surface area (Å²) in [5, 5.41) is 8.55. The molecule has 2 aromatic heterocycles. The number of pyridine rings is 1. The standard InChI is InChI=1S/C30H28N4O/c1-4-22-12-14-24(15-13-22)34-21(3)27(19-32-34)29-17-26(25-10-5-6-11-28(25)33-29)30(35)31-18-23-9-7-8-20(2)16-23/h5-17,19H,4,18H2,1-3H3,(H,31,35). The van der Waals surface area contributed by atoms with Gasteiger partial charge in [-0.2, -0.15) is 5.10 Å². The first-order valence-electron chi connectivity index (χ1n) is 11.9. The molecule has 0 bridgehead atoms. The van der Waals surface area contributed by atoms with Crippen LogP contribution in [0.25, 0.3) is 27.8 Å². The highest BCUT2D eigenvalue weighted by Gasteiger charge is 2.17. The lowest BCUT2D eigenvalue weighted by molar-refractivity contribution is 0.0952. The fourth-order valence-electron chi connectivity index (χ4n) is 4.40. The Morgan fingerprint density at radius 2 is 1.71 bits per heavy atom. The Morgan fingerprint density at radius 1 is 0.914 bits per heavy atom. The second-order valence-electron chi connectivity index (χ2n) is 8.82. The maximum Gasteiger partial charge on any atom is 0.252 e. The summed E-state index contributed by atoms with van der Waals surface area (Å²) >= 11 is 0. The Bertz CT molecular complexity index is 1520. The molecule has 5 nitrogen and oxygen atoms in total. The van der Waals surface area contributed by atoms with Gasteiger partial charge in [-0.25, -0.2) is 9.67 Å². The van der Waals surface area contributed by atoms with Gasteiger partial charge in [-0.05, 0) is 55.7 Å². The van der Waals surface area contributed by atoms with E-state index >= 15 is 0 Å². The molecule has 1 amide bonds. The molecular weight excluding hydrogens is 432 g/mol. The van der Waals surface area contributed by atoms with Gasteiger partial charge in [-0.1, -0.05) is 67.1 Å². The molecule has 5 heteroatoms. The van der Waals surface area contributed by atoms with Crippen LogP contribution in [0.3, 0.4) is 0 Å². The van der Waals surface area contributed by atoms with E-state index in [1.54, 1.807) is 0 Å². The third-order valence-corrected chi connectivity index (χ3v) is 6.37. The van der Waals surface area contributed by atoms with Crippen LogP contribution in [0.1, 0.15) is 39.7 Å². The Balaban J connectivity index is 1.51. The van der Waals surface area contributed by atoms with Crippen LogP contribution >= 0.6 is 0 Å². The van der Waals surface area contributed by atoms with Crippen LogP contribution in [-0.4, -0.2) is 20.7 Å². The van der Waals surface area contributed by atoms with Gasteiger partial charge in [-0.3, -0.25) is 4.79 Å². The van der Waals surface area contributed by atoms with E-state index in [0.717, 1.165) is 45.5 Å². The zero-order valence-electron chi connectivity index (χ0n) is 20.2. The summed E-state index contributed by atoms with van der Waals surface area (Å²) in [5.74, 6) is -0.119. The summed E-state index contributed by atoms with van der Waals surface area (Å²) in [6.45, 7) is 6.70. The van der Waals surface area contributed by atoms with E-state index in [-0.39, 0.29) is 5.91 Å². The molecule has 35 heavy (non-hydrogen) atoms. The van der Waals surface area contributed by atoms with Crippen LogP contribution in [0.4, 0.5) is 0 Å². The van der Waals surface area contributed by atoms with Crippen molar-refractivity contribution in [3.63, 3.8) is 0 Å². The van der Waals surface area contributed by atoms with Crippen LogP contribution in [0.2, 0.25) is 0 Å². The number of nitrogens with one attached hydrogen (secondary N) is 1. The molecule has 0 aliphatic rings. The van der Waals surface area contributed by atoms with Crippen molar-refractivity contribution in [2.75, 3.05) is 0 Å². The van der Waals surface area contributed by atoms with Crippen molar-refractivity contribution < 1.29 is 4.79 Å². The number of carbonyl (C=O) groups is 1. The van der Waals surface area contributed by atoms with Crippen molar-refractivity contribution in [3.8, 4) is 16.9 Å². The molecule has 3 aromatic carbocycles. The number of amides is 1. The number of nitrogens with zero attached hydrogens (tertiary/aromatic N) is 3. The van der Waals surface area contributed by atoms with E-state index in [1.807, 2.05) is 60.3 Å². The van der Waals surface area contributed by atoms with Gasteiger partial charge in [0.15, 0.2) is 0 Å².